The first-order chi connectivity index (χ1) is 13.8. The third-order valence-electron chi connectivity index (χ3n) is 6.42. The number of aromatic nitrogens is 2. The van der Waals surface area contributed by atoms with Gasteiger partial charge in [0, 0.05) is 24.0 Å². The molecule has 1 saturated heterocycles. The summed E-state index contributed by atoms with van der Waals surface area (Å²) >= 11 is 1.81. The number of rotatable bonds is 5. The minimum atomic E-state index is 0.211. The molecule has 7 heteroatoms. The summed E-state index contributed by atoms with van der Waals surface area (Å²) in [6.45, 7) is 2.34. The maximum Gasteiger partial charge on any atom is 0.236 e. The van der Waals surface area contributed by atoms with Gasteiger partial charge < -0.3 is 15.0 Å². The second kappa shape index (κ2) is 7.95. The van der Waals surface area contributed by atoms with Crippen molar-refractivity contribution in [3.63, 3.8) is 0 Å². The Bertz CT molecular complexity index is 853. The Morgan fingerprint density at radius 1 is 1.14 bits per heavy atom. The highest BCUT2D eigenvalue weighted by atomic mass is 32.1. The van der Waals surface area contributed by atoms with E-state index in [-0.39, 0.29) is 12.0 Å². The summed E-state index contributed by atoms with van der Waals surface area (Å²) in [6, 6.07) is 0.419. The molecule has 0 spiro atoms. The first-order valence-electron chi connectivity index (χ1n) is 10.7. The van der Waals surface area contributed by atoms with E-state index in [0.717, 1.165) is 74.1 Å². The number of fused-ring (bicyclic) bond motifs is 3. The molecule has 2 aliphatic carbocycles. The lowest BCUT2D eigenvalue weighted by atomic mass is 9.93. The number of likely N-dealkylation sites (tertiary alicyclic amines) is 1. The van der Waals surface area contributed by atoms with Gasteiger partial charge in [0.2, 0.25) is 11.8 Å². The number of hydrogen-bond donors (Lipinski definition) is 1. The Morgan fingerprint density at radius 2 is 1.96 bits per heavy atom. The predicted molar refractivity (Wildman–Crippen MR) is 110 cm³/mol. The number of hydrogen-bond acceptors (Lipinski definition) is 6. The number of carbonyl (C=O) groups excluding carboxylic acids is 1. The van der Waals surface area contributed by atoms with Gasteiger partial charge in [-0.15, -0.1) is 11.3 Å². The van der Waals surface area contributed by atoms with Crippen LogP contribution in [0.3, 0.4) is 0 Å². The number of carbonyl (C=O) groups is 1. The van der Waals surface area contributed by atoms with Crippen molar-refractivity contribution in [2.45, 2.75) is 69.9 Å². The topological polar surface area (TPSA) is 67.3 Å². The lowest BCUT2D eigenvalue weighted by Gasteiger charge is -2.29. The molecular formula is C21H28N4O2S. The van der Waals surface area contributed by atoms with Crippen molar-refractivity contribution in [3.05, 3.63) is 16.8 Å². The van der Waals surface area contributed by atoms with Gasteiger partial charge in [-0.2, -0.15) is 0 Å². The molecule has 0 bridgehead atoms. The van der Waals surface area contributed by atoms with Crippen LogP contribution in [-0.2, 0) is 17.6 Å². The van der Waals surface area contributed by atoms with Crippen molar-refractivity contribution in [2.75, 3.05) is 19.6 Å². The number of nitrogens with one attached hydrogen (secondary N) is 1. The Kier molecular flexibility index (Phi) is 5.20. The summed E-state index contributed by atoms with van der Waals surface area (Å²) in [5.74, 6) is 1.04. The lowest BCUT2D eigenvalue weighted by molar-refractivity contribution is -0.129. The van der Waals surface area contributed by atoms with E-state index in [9.17, 15) is 4.79 Å². The van der Waals surface area contributed by atoms with Gasteiger partial charge in [0.05, 0.1) is 11.9 Å². The smallest absolute Gasteiger partial charge is 0.236 e. The van der Waals surface area contributed by atoms with Crippen molar-refractivity contribution in [1.82, 2.24) is 20.2 Å². The number of amides is 1. The van der Waals surface area contributed by atoms with Crippen LogP contribution in [0.1, 0.15) is 55.4 Å². The van der Waals surface area contributed by atoms with Gasteiger partial charge in [-0.25, -0.2) is 9.97 Å². The van der Waals surface area contributed by atoms with Crippen LogP contribution in [0, 0.1) is 0 Å². The molecular weight excluding hydrogens is 372 g/mol. The van der Waals surface area contributed by atoms with Crippen LogP contribution in [0.15, 0.2) is 6.33 Å². The van der Waals surface area contributed by atoms with Crippen molar-refractivity contribution >= 4 is 27.5 Å². The molecule has 5 rings (SSSR count). The zero-order valence-corrected chi connectivity index (χ0v) is 17.1. The summed E-state index contributed by atoms with van der Waals surface area (Å²) in [6.07, 6.45) is 11.8. The van der Waals surface area contributed by atoms with Gasteiger partial charge >= 0.3 is 0 Å². The Hall–Kier alpha value is -1.73. The van der Waals surface area contributed by atoms with E-state index in [1.807, 2.05) is 4.90 Å². The highest BCUT2D eigenvalue weighted by molar-refractivity contribution is 7.18. The number of aryl methyl sites for hydroxylation is 2. The van der Waals surface area contributed by atoms with Gasteiger partial charge in [0.25, 0.3) is 0 Å². The molecule has 1 N–H and O–H groups in total. The van der Waals surface area contributed by atoms with E-state index in [2.05, 4.69) is 15.3 Å². The summed E-state index contributed by atoms with van der Waals surface area (Å²) in [4.78, 5) is 25.7. The van der Waals surface area contributed by atoms with Crippen LogP contribution in [0.2, 0.25) is 0 Å². The maximum absolute atomic E-state index is 12.2. The average molecular weight is 401 g/mol. The van der Waals surface area contributed by atoms with Crippen LogP contribution in [0.4, 0.5) is 0 Å². The van der Waals surface area contributed by atoms with E-state index in [4.69, 9.17) is 4.74 Å². The standard InChI is InChI=1S/C21H28N4O2S/c26-18(25-10-1-2-11-25)12-22-14-6-8-15(9-7-14)27-20-19-16-4-3-5-17(16)28-21(19)24-13-23-20/h13-15,22H,1-12H2/t14-,15-. The van der Waals surface area contributed by atoms with Crippen LogP contribution >= 0.6 is 11.3 Å². The molecule has 150 valence electrons. The van der Waals surface area contributed by atoms with Crippen LogP contribution in [0.5, 0.6) is 5.88 Å². The van der Waals surface area contributed by atoms with E-state index in [0.29, 0.717) is 12.6 Å². The second-order valence-electron chi connectivity index (χ2n) is 8.28. The lowest BCUT2D eigenvalue weighted by Crippen LogP contribution is -2.42. The molecule has 3 aliphatic rings. The highest BCUT2D eigenvalue weighted by Gasteiger charge is 2.27. The fourth-order valence-corrected chi connectivity index (χ4v) is 6.06. The van der Waals surface area contributed by atoms with Gasteiger partial charge in [0.15, 0.2) is 0 Å². The van der Waals surface area contributed by atoms with Crippen molar-refractivity contribution in [3.8, 4) is 5.88 Å². The Labute approximate surface area is 169 Å². The molecule has 0 atom stereocenters. The number of ether oxygens (including phenoxy) is 1. The van der Waals surface area contributed by atoms with Gasteiger partial charge in [-0.3, -0.25) is 4.79 Å². The van der Waals surface area contributed by atoms with E-state index in [1.54, 1.807) is 17.7 Å². The zero-order chi connectivity index (χ0) is 18.9. The highest BCUT2D eigenvalue weighted by Crippen LogP contribution is 2.40. The van der Waals surface area contributed by atoms with E-state index >= 15 is 0 Å². The van der Waals surface area contributed by atoms with Crippen LogP contribution in [-0.4, -0.2) is 52.6 Å². The molecule has 28 heavy (non-hydrogen) atoms. The number of nitrogens with zero attached hydrogens (tertiary/aromatic N) is 3. The van der Waals surface area contributed by atoms with Gasteiger partial charge in [-0.1, -0.05) is 0 Å². The SMILES string of the molecule is O=C(CN[C@H]1CC[C@H](Oc2ncnc3sc4c(c23)CCC4)CC1)N1CCCC1. The zero-order valence-electron chi connectivity index (χ0n) is 16.3. The molecule has 0 radical (unpaired) electrons. The van der Waals surface area contributed by atoms with Crippen molar-refractivity contribution in [2.24, 2.45) is 0 Å². The first kappa shape index (κ1) is 18.3. The molecule has 3 heterocycles. The minimum Gasteiger partial charge on any atom is -0.474 e. The van der Waals surface area contributed by atoms with E-state index < -0.39 is 0 Å². The largest absolute Gasteiger partial charge is 0.474 e. The molecule has 1 amide bonds. The molecule has 1 saturated carbocycles. The fraction of sp³-hybridized carbons (Fsp3) is 0.667. The predicted octanol–water partition coefficient (Wildman–Crippen LogP) is 3.08. The quantitative estimate of drug-likeness (QED) is 0.835. The Morgan fingerprint density at radius 3 is 2.79 bits per heavy atom. The van der Waals surface area contributed by atoms with Crippen molar-refractivity contribution < 1.29 is 9.53 Å². The van der Waals surface area contributed by atoms with Gasteiger partial charge in [-0.05, 0) is 63.4 Å². The average Bonchev–Trinajstić information content (AvgIpc) is 3.44. The molecule has 1 aliphatic heterocycles. The van der Waals surface area contributed by atoms with Crippen molar-refractivity contribution in [1.29, 1.82) is 0 Å². The summed E-state index contributed by atoms with van der Waals surface area (Å²) in [7, 11) is 0. The molecule has 0 aromatic carbocycles. The first-order valence-corrected chi connectivity index (χ1v) is 11.5. The normalized spacial score (nSPS) is 24.6. The monoisotopic (exact) mass is 400 g/mol. The summed E-state index contributed by atoms with van der Waals surface area (Å²) < 4.78 is 6.36. The number of thiophene rings is 1. The fourth-order valence-electron chi connectivity index (χ4n) is 4.84. The third-order valence-corrected chi connectivity index (χ3v) is 7.62. The van der Waals surface area contributed by atoms with Gasteiger partial charge in [0.1, 0.15) is 17.3 Å². The molecule has 2 aromatic rings. The maximum atomic E-state index is 12.2. The van der Waals surface area contributed by atoms with Crippen LogP contribution < -0.4 is 10.1 Å². The molecule has 2 aromatic heterocycles. The summed E-state index contributed by atoms with van der Waals surface area (Å²) in [5.41, 5.74) is 1.42. The third kappa shape index (κ3) is 3.62. The molecule has 6 nitrogen and oxygen atoms in total. The second-order valence-corrected chi connectivity index (χ2v) is 9.36. The van der Waals surface area contributed by atoms with Crippen LogP contribution in [0.25, 0.3) is 10.2 Å². The molecule has 0 unspecified atom stereocenters. The molecule has 2 fully saturated rings. The Balaban J connectivity index is 1.16. The van der Waals surface area contributed by atoms with E-state index in [1.165, 1.54) is 23.3 Å². The minimum absolute atomic E-state index is 0.211. The summed E-state index contributed by atoms with van der Waals surface area (Å²) in [5, 5.41) is 4.63.